The first-order chi connectivity index (χ1) is 12.7. The van der Waals surface area contributed by atoms with Crippen molar-refractivity contribution in [2.75, 3.05) is 26.2 Å². The summed E-state index contributed by atoms with van der Waals surface area (Å²) in [5, 5.41) is 3.94. The molecule has 1 fully saturated rings. The second kappa shape index (κ2) is 7.62. The van der Waals surface area contributed by atoms with Gasteiger partial charge in [0.05, 0.1) is 18.7 Å². The Morgan fingerprint density at radius 1 is 1.08 bits per heavy atom. The van der Waals surface area contributed by atoms with E-state index in [1.54, 1.807) is 0 Å². The Hall–Kier alpha value is -2.14. The molecule has 5 heteroatoms. The van der Waals surface area contributed by atoms with Gasteiger partial charge in [0.2, 0.25) is 5.91 Å². The van der Waals surface area contributed by atoms with Crippen molar-refractivity contribution in [1.82, 2.24) is 15.0 Å². The lowest BCUT2D eigenvalue weighted by molar-refractivity contribution is -0.132. The van der Waals surface area contributed by atoms with Gasteiger partial charge in [-0.05, 0) is 49.3 Å². The number of amides is 1. The Kier molecular flexibility index (Phi) is 5.07. The van der Waals surface area contributed by atoms with Gasteiger partial charge in [0.1, 0.15) is 0 Å². The molecule has 2 aliphatic rings. The number of fused-ring (bicyclic) bond motifs is 1. The lowest BCUT2D eigenvalue weighted by atomic mass is 9.90. The van der Waals surface area contributed by atoms with E-state index in [0.717, 1.165) is 56.2 Å². The highest BCUT2D eigenvalue weighted by Crippen LogP contribution is 2.22. The van der Waals surface area contributed by atoms with Crippen molar-refractivity contribution in [3.63, 3.8) is 0 Å². The highest BCUT2D eigenvalue weighted by molar-refractivity contribution is 5.79. The van der Waals surface area contributed by atoms with E-state index in [9.17, 15) is 4.79 Å². The highest BCUT2D eigenvalue weighted by atomic mass is 16.5. The summed E-state index contributed by atoms with van der Waals surface area (Å²) in [6.45, 7) is 6.05. The van der Waals surface area contributed by atoms with Gasteiger partial charge < -0.3 is 9.42 Å². The molecule has 0 atom stereocenters. The molecule has 0 bridgehead atoms. The predicted octanol–water partition coefficient (Wildman–Crippen LogP) is 2.75. The molecule has 26 heavy (non-hydrogen) atoms. The third kappa shape index (κ3) is 3.98. The Morgan fingerprint density at radius 3 is 2.58 bits per heavy atom. The fourth-order valence-electron chi connectivity index (χ4n) is 4.05. The van der Waals surface area contributed by atoms with Gasteiger partial charge in [-0.1, -0.05) is 23.4 Å². The van der Waals surface area contributed by atoms with E-state index >= 15 is 0 Å². The second-order valence-electron chi connectivity index (χ2n) is 7.58. The van der Waals surface area contributed by atoms with Crippen molar-refractivity contribution in [2.24, 2.45) is 0 Å². The molecule has 1 aliphatic carbocycles. The average Bonchev–Trinajstić information content (AvgIpc) is 3.07. The van der Waals surface area contributed by atoms with E-state index in [1.165, 1.54) is 30.4 Å². The second-order valence-corrected chi connectivity index (χ2v) is 7.58. The predicted molar refractivity (Wildman–Crippen MR) is 99.9 cm³/mol. The van der Waals surface area contributed by atoms with Crippen LogP contribution in [0.1, 0.15) is 41.0 Å². The van der Waals surface area contributed by atoms with Crippen molar-refractivity contribution >= 4 is 5.91 Å². The SMILES string of the molecule is Cc1cc(CN2CCN(C(=O)Cc3ccc4c(c3)CCCC4)CC2)on1. The number of benzene rings is 1. The molecule has 2 aromatic rings. The molecule has 4 rings (SSSR count). The van der Waals surface area contributed by atoms with Gasteiger partial charge in [-0.15, -0.1) is 0 Å². The third-order valence-corrected chi connectivity index (χ3v) is 5.55. The third-order valence-electron chi connectivity index (χ3n) is 5.55. The highest BCUT2D eigenvalue weighted by Gasteiger charge is 2.22. The molecular formula is C21H27N3O2. The number of piperazine rings is 1. The van der Waals surface area contributed by atoms with Crippen LogP contribution in [0.5, 0.6) is 0 Å². The standard InChI is InChI=1S/C21H27N3O2/c1-16-12-20(26-22-16)15-23-8-10-24(11-9-23)21(25)14-17-6-7-18-4-2-3-5-19(18)13-17/h6-7,12-13H,2-5,8-11,14-15H2,1H3. The van der Waals surface area contributed by atoms with Gasteiger partial charge >= 0.3 is 0 Å². The summed E-state index contributed by atoms with van der Waals surface area (Å²) < 4.78 is 5.29. The van der Waals surface area contributed by atoms with Crippen LogP contribution in [0.3, 0.4) is 0 Å². The van der Waals surface area contributed by atoms with Crippen molar-refractivity contribution in [3.8, 4) is 0 Å². The van der Waals surface area contributed by atoms with Crippen LogP contribution in [-0.4, -0.2) is 47.0 Å². The van der Waals surface area contributed by atoms with Crippen LogP contribution in [0, 0.1) is 6.92 Å². The van der Waals surface area contributed by atoms with E-state index in [-0.39, 0.29) is 5.91 Å². The fourth-order valence-corrected chi connectivity index (χ4v) is 4.05. The zero-order chi connectivity index (χ0) is 17.9. The summed E-state index contributed by atoms with van der Waals surface area (Å²) in [7, 11) is 0. The van der Waals surface area contributed by atoms with Crippen LogP contribution in [0.25, 0.3) is 0 Å². The molecule has 0 unspecified atom stereocenters. The van der Waals surface area contributed by atoms with E-state index in [4.69, 9.17) is 4.52 Å². The quantitative estimate of drug-likeness (QED) is 0.848. The lowest BCUT2D eigenvalue weighted by Gasteiger charge is -2.34. The molecule has 2 heterocycles. The van der Waals surface area contributed by atoms with Crippen LogP contribution in [0.4, 0.5) is 0 Å². The van der Waals surface area contributed by atoms with Crippen molar-refractivity contribution in [2.45, 2.75) is 45.6 Å². The van der Waals surface area contributed by atoms with Crippen LogP contribution in [0.15, 0.2) is 28.8 Å². The average molecular weight is 353 g/mol. The van der Waals surface area contributed by atoms with E-state index in [0.29, 0.717) is 6.42 Å². The summed E-state index contributed by atoms with van der Waals surface area (Å²) in [6.07, 6.45) is 5.45. The smallest absolute Gasteiger partial charge is 0.227 e. The normalized spacial score (nSPS) is 18.0. The number of carbonyl (C=O) groups excluding carboxylic acids is 1. The van der Waals surface area contributed by atoms with Crippen LogP contribution >= 0.6 is 0 Å². The number of carbonyl (C=O) groups is 1. The molecule has 5 nitrogen and oxygen atoms in total. The summed E-state index contributed by atoms with van der Waals surface area (Å²) in [4.78, 5) is 17.0. The molecular weight excluding hydrogens is 326 g/mol. The van der Waals surface area contributed by atoms with E-state index < -0.39 is 0 Å². The molecule has 0 saturated carbocycles. The van der Waals surface area contributed by atoms with Gasteiger partial charge in [-0.25, -0.2) is 0 Å². The van der Waals surface area contributed by atoms with Gasteiger partial charge in [0.15, 0.2) is 5.76 Å². The molecule has 0 radical (unpaired) electrons. The molecule has 1 aliphatic heterocycles. The van der Waals surface area contributed by atoms with Crippen molar-refractivity contribution in [1.29, 1.82) is 0 Å². The summed E-state index contributed by atoms with van der Waals surface area (Å²) in [6, 6.07) is 8.61. The van der Waals surface area contributed by atoms with Crippen LogP contribution in [0.2, 0.25) is 0 Å². The zero-order valence-electron chi connectivity index (χ0n) is 15.5. The van der Waals surface area contributed by atoms with Gasteiger partial charge in [0, 0.05) is 32.2 Å². The van der Waals surface area contributed by atoms with Gasteiger partial charge in [-0.2, -0.15) is 0 Å². The van der Waals surface area contributed by atoms with Crippen molar-refractivity contribution < 1.29 is 9.32 Å². The summed E-state index contributed by atoms with van der Waals surface area (Å²) >= 11 is 0. The maximum Gasteiger partial charge on any atom is 0.227 e. The lowest BCUT2D eigenvalue weighted by Crippen LogP contribution is -2.48. The number of aromatic nitrogens is 1. The van der Waals surface area contributed by atoms with Crippen LogP contribution < -0.4 is 0 Å². The number of hydrogen-bond acceptors (Lipinski definition) is 4. The number of hydrogen-bond donors (Lipinski definition) is 0. The first-order valence-corrected chi connectivity index (χ1v) is 9.70. The fraction of sp³-hybridized carbons (Fsp3) is 0.524. The maximum absolute atomic E-state index is 12.7. The largest absolute Gasteiger partial charge is 0.360 e. The van der Waals surface area contributed by atoms with Crippen LogP contribution in [-0.2, 0) is 30.6 Å². The molecule has 0 spiro atoms. The zero-order valence-corrected chi connectivity index (χ0v) is 15.5. The van der Waals surface area contributed by atoms with E-state index in [1.807, 2.05) is 17.9 Å². The Labute approximate surface area is 155 Å². The topological polar surface area (TPSA) is 49.6 Å². The number of rotatable bonds is 4. The Morgan fingerprint density at radius 2 is 1.85 bits per heavy atom. The first kappa shape index (κ1) is 17.3. The maximum atomic E-state index is 12.7. The molecule has 1 saturated heterocycles. The number of nitrogens with zero attached hydrogens (tertiary/aromatic N) is 3. The minimum Gasteiger partial charge on any atom is -0.360 e. The summed E-state index contributed by atoms with van der Waals surface area (Å²) in [5.74, 6) is 1.15. The Balaban J connectivity index is 1.29. The number of aryl methyl sites for hydroxylation is 3. The van der Waals surface area contributed by atoms with Crippen molar-refractivity contribution in [3.05, 3.63) is 52.4 Å². The minimum absolute atomic E-state index is 0.246. The van der Waals surface area contributed by atoms with Gasteiger partial charge in [0.25, 0.3) is 0 Å². The summed E-state index contributed by atoms with van der Waals surface area (Å²) in [5.41, 5.74) is 5.01. The monoisotopic (exact) mass is 353 g/mol. The van der Waals surface area contributed by atoms with Gasteiger partial charge in [-0.3, -0.25) is 9.69 Å². The first-order valence-electron chi connectivity index (χ1n) is 9.70. The molecule has 138 valence electrons. The molecule has 1 aromatic carbocycles. The minimum atomic E-state index is 0.246. The van der Waals surface area contributed by atoms with E-state index in [2.05, 4.69) is 28.3 Å². The molecule has 0 N–H and O–H groups in total. The molecule has 1 aromatic heterocycles. The Bertz CT molecular complexity index is 775. The molecule has 1 amide bonds.